The number of aryl methyl sites for hydroxylation is 2. The normalized spacial score (nSPS) is 15.8. The van der Waals surface area contributed by atoms with Gasteiger partial charge in [-0.05, 0) is 13.0 Å². The van der Waals surface area contributed by atoms with Crippen molar-refractivity contribution in [3.8, 4) is 0 Å². The Kier molecular flexibility index (Phi) is 4.62. The smallest absolute Gasteiger partial charge is 0.257 e. The van der Waals surface area contributed by atoms with Crippen LogP contribution >= 0.6 is 0 Å². The molecular formula is C17H20F2N4O. The summed E-state index contributed by atoms with van der Waals surface area (Å²) < 4.78 is 28.7. The number of carbonyl (C=O) groups excluding carboxylic acids is 1. The van der Waals surface area contributed by atoms with Crippen molar-refractivity contribution in [3.63, 3.8) is 0 Å². The van der Waals surface area contributed by atoms with Crippen molar-refractivity contribution in [1.29, 1.82) is 0 Å². The summed E-state index contributed by atoms with van der Waals surface area (Å²) in [5, 5.41) is 4.20. The first kappa shape index (κ1) is 16.6. The number of hydrogen-bond acceptors (Lipinski definition) is 3. The lowest BCUT2D eigenvalue weighted by molar-refractivity contribution is 0.0626. The first-order valence-electron chi connectivity index (χ1n) is 7.90. The van der Waals surface area contributed by atoms with Gasteiger partial charge in [0.15, 0.2) is 11.6 Å². The van der Waals surface area contributed by atoms with Crippen molar-refractivity contribution in [2.45, 2.75) is 13.5 Å². The van der Waals surface area contributed by atoms with E-state index in [1.54, 1.807) is 28.9 Å². The molecular weight excluding hydrogens is 314 g/mol. The summed E-state index contributed by atoms with van der Waals surface area (Å²) in [6.45, 7) is 4.53. The third-order valence-electron chi connectivity index (χ3n) is 4.33. The second-order valence-electron chi connectivity index (χ2n) is 6.08. The molecule has 1 aromatic heterocycles. The maximum Gasteiger partial charge on any atom is 0.257 e. The average Bonchev–Trinajstić information content (AvgIpc) is 2.90. The molecule has 1 fully saturated rings. The Morgan fingerprint density at radius 2 is 1.92 bits per heavy atom. The largest absolute Gasteiger partial charge is 0.336 e. The molecule has 0 bridgehead atoms. The van der Waals surface area contributed by atoms with Crippen LogP contribution in [0.2, 0.25) is 0 Å². The van der Waals surface area contributed by atoms with Gasteiger partial charge >= 0.3 is 0 Å². The van der Waals surface area contributed by atoms with E-state index in [-0.39, 0.29) is 5.91 Å². The van der Waals surface area contributed by atoms with E-state index in [0.29, 0.717) is 49.5 Å². The minimum Gasteiger partial charge on any atom is -0.336 e. The van der Waals surface area contributed by atoms with Gasteiger partial charge in [-0.2, -0.15) is 5.10 Å². The summed E-state index contributed by atoms with van der Waals surface area (Å²) >= 11 is 0. The molecule has 2 aromatic rings. The number of rotatable bonds is 3. The van der Waals surface area contributed by atoms with E-state index >= 15 is 0 Å². The van der Waals surface area contributed by atoms with E-state index < -0.39 is 11.6 Å². The molecule has 2 heterocycles. The Balaban J connectivity index is 1.60. The van der Waals surface area contributed by atoms with Gasteiger partial charge in [0.1, 0.15) is 0 Å². The fraction of sp³-hybridized carbons (Fsp3) is 0.412. The molecule has 0 radical (unpaired) electrons. The first-order valence-corrected chi connectivity index (χ1v) is 7.90. The minimum atomic E-state index is -0.826. The molecule has 0 N–H and O–H groups in total. The molecule has 0 saturated carbocycles. The van der Waals surface area contributed by atoms with Crippen molar-refractivity contribution in [2.24, 2.45) is 7.05 Å². The summed E-state index contributed by atoms with van der Waals surface area (Å²) in [7, 11) is 1.79. The number of carbonyl (C=O) groups is 1. The van der Waals surface area contributed by atoms with Crippen molar-refractivity contribution < 1.29 is 13.6 Å². The molecule has 7 heteroatoms. The van der Waals surface area contributed by atoms with Crippen LogP contribution in [0.15, 0.2) is 24.4 Å². The lowest BCUT2D eigenvalue weighted by Gasteiger charge is -2.34. The monoisotopic (exact) mass is 334 g/mol. The predicted octanol–water partition coefficient (Wildman–Crippen LogP) is 1.96. The van der Waals surface area contributed by atoms with Crippen LogP contribution in [0.5, 0.6) is 0 Å². The number of piperazine rings is 1. The van der Waals surface area contributed by atoms with Gasteiger partial charge in [-0.1, -0.05) is 12.1 Å². The zero-order chi connectivity index (χ0) is 17.3. The van der Waals surface area contributed by atoms with Gasteiger partial charge in [0, 0.05) is 51.5 Å². The summed E-state index contributed by atoms with van der Waals surface area (Å²) in [4.78, 5) is 16.3. The van der Waals surface area contributed by atoms with Gasteiger partial charge in [0.2, 0.25) is 0 Å². The molecule has 1 aliphatic rings. The van der Waals surface area contributed by atoms with Crippen LogP contribution in [0.1, 0.15) is 21.6 Å². The lowest BCUT2D eigenvalue weighted by atomic mass is 10.1. The van der Waals surface area contributed by atoms with Crippen LogP contribution in [0, 0.1) is 18.6 Å². The highest BCUT2D eigenvalue weighted by atomic mass is 19.2. The summed E-state index contributed by atoms with van der Waals surface area (Å²) in [6.07, 6.45) is 1.73. The van der Waals surface area contributed by atoms with E-state index in [4.69, 9.17) is 0 Å². The number of benzene rings is 1. The zero-order valence-corrected chi connectivity index (χ0v) is 13.8. The van der Waals surface area contributed by atoms with Crippen molar-refractivity contribution in [1.82, 2.24) is 19.6 Å². The minimum absolute atomic E-state index is 0.0304. The van der Waals surface area contributed by atoms with Crippen LogP contribution < -0.4 is 0 Å². The summed E-state index contributed by atoms with van der Waals surface area (Å²) in [5.41, 5.74) is 1.67. The van der Waals surface area contributed by atoms with Crippen LogP contribution in [0.3, 0.4) is 0 Å². The Morgan fingerprint density at radius 3 is 2.54 bits per heavy atom. The third-order valence-corrected chi connectivity index (χ3v) is 4.33. The van der Waals surface area contributed by atoms with Crippen LogP contribution in [0.25, 0.3) is 0 Å². The second-order valence-corrected chi connectivity index (χ2v) is 6.08. The number of amides is 1. The second kappa shape index (κ2) is 6.68. The molecule has 1 amide bonds. The van der Waals surface area contributed by atoms with Crippen molar-refractivity contribution >= 4 is 5.91 Å². The molecule has 5 nitrogen and oxygen atoms in total. The number of hydrogen-bond donors (Lipinski definition) is 0. The number of nitrogens with zero attached hydrogens (tertiary/aromatic N) is 4. The van der Waals surface area contributed by atoms with E-state index in [9.17, 15) is 13.6 Å². The molecule has 128 valence electrons. The van der Waals surface area contributed by atoms with Crippen molar-refractivity contribution in [2.75, 3.05) is 26.2 Å². The van der Waals surface area contributed by atoms with E-state index in [1.807, 2.05) is 11.8 Å². The fourth-order valence-corrected chi connectivity index (χ4v) is 3.00. The van der Waals surface area contributed by atoms with Gasteiger partial charge < -0.3 is 4.90 Å². The molecule has 0 atom stereocenters. The van der Waals surface area contributed by atoms with Gasteiger partial charge in [0.05, 0.1) is 11.3 Å². The predicted molar refractivity (Wildman–Crippen MR) is 85.5 cm³/mol. The van der Waals surface area contributed by atoms with Crippen LogP contribution in [-0.2, 0) is 13.6 Å². The Bertz CT molecular complexity index is 751. The highest BCUT2D eigenvalue weighted by Crippen LogP contribution is 2.16. The molecule has 1 aromatic carbocycles. The number of aromatic nitrogens is 2. The summed E-state index contributed by atoms with van der Waals surface area (Å²) in [5.74, 6) is -1.65. The van der Waals surface area contributed by atoms with Gasteiger partial charge in [-0.3, -0.25) is 14.4 Å². The fourth-order valence-electron chi connectivity index (χ4n) is 3.00. The quantitative estimate of drug-likeness (QED) is 0.862. The highest BCUT2D eigenvalue weighted by Gasteiger charge is 2.25. The number of halogens is 2. The van der Waals surface area contributed by atoms with Crippen LogP contribution in [-0.4, -0.2) is 51.7 Å². The van der Waals surface area contributed by atoms with E-state index in [1.165, 1.54) is 6.07 Å². The Labute approximate surface area is 139 Å². The standard InChI is InChI=1S/C17H20F2N4O/c1-12-14(11-21(2)20-12)17(24)23-8-6-22(7-9-23)10-13-4-3-5-15(18)16(13)19/h3-5,11H,6-10H2,1-2H3. The van der Waals surface area contributed by atoms with Crippen LogP contribution in [0.4, 0.5) is 8.78 Å². The lowest BCUT2D eigenvalue weighted by Crippen LogP contribution is -2.48. The molecule has 0 aliphatic carbocycles. The Morgan fingerprint density at radius 1 is 1.21 bits per heavy atom. The van der Waals surface area contributed by atoms with Gasteiger partial charge in [0.25, 0.3) is 5.91 Å². The third kappa shape index (κ3) is 3.31. The average molecular weight is 334 g/mol. The molecule has 0 unspecified atom stereocenters. The molecule has 0 spiro atoms. The topological polar surface area (TPSA) is 41.4 Å². The Hall–Kier alpha value is -2.28. The SMILES string of the molecule is Cc1nn(C)cc1C(=O)N1CCN(Cc2cccc(F)c2F)CC1. The molecule has 1 saturated heterocycles. The van der Waals surface area contributed by atoms with E-state index in [0.717, 1.165) is 6.07 Å². The highest BCUT2D eigenvalue weighted by molar-refractivity contribution is 5.95. The van der Waals surface area contributed by atoms with E-state index in [2.05, 4.69) is 5.10 Å². The zero-order valence-electron chi connectivity index (χ0n) is 13.8. The van der Waals surface area contributed by atoms with Gasteiger partial charge in [-0.25, -0.2) is 8.78 Å². The maximum absolute atomic E-state index is 13.8. The first-order chi connectivity index (χ1) is 11.5. The maximum atomic E-state index is 13.8. The molecule has 24 heavy (non-hydrogen) atoms. The van der Waals surface area contributed by atoms with Crippen molar-refractivity contribution in [3.05, 3.63) is 52.9 Å². The van der Waals surface area contributed by atoms with Gasteiger partial charge in [-0.15, -0.1) is 0 Å². The molecule has 1 aliphatic heterocycles. The molecule has 3 rings (SSSR count). The summed E-state index contributed by atoms with van der Waals surface area (Å²) in [6, 6.07) is 4.22.